The van der Waals surface area contributed by atoms with E-state index in [9.17, 15) is 13.2 Å². The molecule has 1 saturated heterocycles. The Balaban J connectivity index is 1.40. The average molecular weight is 405 g/mol. The van der Waals surface area contributed by atoms with Gasteiger partial charge < -0.3 is 0 Å². The highest BCUT2D eigenvalue weighted by Crippen LogP contribution is 2.29. The molecular weight excluding hydrogens is 380 g/mol. The predicted octanol–water partition coefficient (Wildman–Crippen LogP) is 3.16. The maximum absolute atomic E-state index is 12.9. The number of carbonyl (C=O) groups is 1. The number of nitrogens with zero attached hydrogens (tertiary/aromatic N) is 2. The van der Waals surface area contributed by atoms with Crippen molar-refractivity contribution in [3.63, 3.8) is 0 Å². The fourth-order valence-electron chi connectivity index (χ4n) is 4.04. The lowest BCUT2D eigenvalue weighted by molar-refractivity contribution is 0.101. The van der Waals surface area contributed by atoms with Gasteiger partial charge in [-0.2, -0.15) is 4.31 Å². The van der Waals surface area contributed by atoms with Crippen LogP contribution in [0.4, 0.5) is 0 Å². The van der Waals surface area contributed by atoms with E-state index in [0.29, 0.717) is 24.7 Å². The first-order chi connectivity index (χ1) is 12.9. The Bertz CT molecular complexity index is 926. The summed E-state index contributed by atoms with van der Waals surface area (Å²) in [7, 11) is -3.49. The number of fused-ring (bicyclic) bond motifs is 1. The Hall–Kier alpha value is -1.54. The first-order valence-corrected chi connectivity index (χ1v) is 11.7. The second-order valence-electron chi connectivity index (χ2n) is 7.31. The minimum atomic E-state index is -3.49. The molecule has 0 radical (unpaired) electrons. The van der Waals surface area contributed by atoms with Crippen LogP contribution in [-0.4, -0.2) is 49.1 Å². The van der Waals surface area contributed by atoms with Crippen molar-refractivity contribution < 1.29 is 13.2 Å². The molecule has 1 fully saturated rings. The summed E-state index contributed by atoms with van der Waals surface area (Å²) in [5.74, 6) is -0.0601. The molecule has 0 aliphatic carbocycles. The smallest absolute Gasteiger partial charge is 0.243 e. The second-order valence-corrected chi connectivity index (χ2v) is 10.2. The molecule has 0 spiro atoms. The van der Waals surface area contributed by atoms with Gasteiger partial charge >= 0.3 is 0 Å². The van der Waals surface area contributed by atoms with Crippen LogP contribution in [0.3, 0.4) is 0 Å². The number of sulfonamides is 1. The van der Waals surface area contributed by atoms with Crippen molar-refractivity contribution in [2.45, 2.75) is 43.7 Å². The minimum Gasteiger partial charge on any atom is -0.296 e. The van der Waals surface area contributed by atoms with Gasteiger partial charge in [0.05, 0.1) is 4.90 Å². The van der Waals surface area contributed by atoms with Crippen LogP contribution >= 0.6 is 11.3 Å². The number of Topliss-reactive ketones (excluding diaryl/α,β-unsaturated/α-hetero) is 1. The normalized spacial score (nSPS) is 19.7. The summed E-state index contributed by atoms with van der Waals surface area (Å²) < 4.78 is 27.4. The third kappa shape index (κ3) is 3.74. The van der Waals surface area contributed by atoms with Gasteiger partial charge in [0.1, 0.15) is 0 Å². The monoisotopic (exact) mass is 404 g/mol. The Morgan fingerprint density at radius 1 is 1.07 bits per heavy atom. The van der Waals surface area contributed by atoms with Gasteiger partial charge in [-0.25, -0.2) is 8.42 Å². The molecule has 1 aromatic carbocycles. The van der Waals surface area contributed by atoms with Crippen LogP contribution in [0.2, 0.25) is 0 Å². The molecule has 4 rings (SSSR count). The Morgan fingerprint density at radius 2 is 1.78 bits per heavy atom. The average Bonchev–Trinajstić information content (AvgIpc) is 3.16. The topological polar surface area (TPSA) is 57.7 Å². The van der Waals surface area contributed by atoms with Crippen molar-refractivity contribution >= 4 is 27.1 Å². The van der Waals surface area contributed by atoms with Crippen LogP contribution in [0.1, 0.15) is 40.6 Å². The van der Waals surface area contributed by atoms with Crippen molar-refractivity contribution in [1.29, 1.82) is 0 Å². The zero-order valence-corrected chi connectivity index (χ0v) is 17.1. The van der Waals surface area contributed by atoms with E-state index in [1.54, 1.807) is 28.6 Å². The molecular formula is C20H24N2O3S2. The molecule has 2 aliphatic heterocycles. The molecule has 5 nitrogen and oxygen atoms in total. The number of ketones is 1. The standard InChI is InChI=1S/C20H24N2O3S2/c1-15(23)16-2-4-19(5-3-16)27(24,25)22-11-6-18(7-12-22)21-10-8-20-17(14-21)9-13-26-20/h2-5,9,13,18H,6-8,10-12,14H2,1H3. The number of rotatable bonds is 4. The van der Waals surface area contributed by atoms with E-state index < -0.39 is 10.0 Å². The zero-order valence-electron chi connectivity index (χ0n) is 15.4. The van der Waals surface area contributed by atoms with Crippen LogP contribution in [0, 0.1) is 0 Å². The summed E-state index contributed by atoms with van der Waals surface area (Å²) in [6, 6.07) is 8.94. The molecule has 3 heterocycles. The Labute approximate surface area is 164 Å². The summed E-state index contributed by atoms with van der Waals surface area (Å²) in [5.41, 5.74) is 1.97. The molecule has 0 bridgehead atoms. The number of piperidine rings is 1. The van der Waals surface area contributed by atoms with E-state index >= 15 is 0 Å². The van der Waals surface area contributed by atoms with Gasteiger partial charge in [0.15, 0.2) is 5.78 Å². The molecule has 0 saturated carbocycles. The number of carbonyl (C=O) groups excluding carboxylic acids is 1. The minimum absolute atomic E-state index is 0.0601. The van der Waals surface area contributed by atoms with Gasteiger partial charge in [0, 0.05) is 42.7 Å². The number of hydrogen-bond acceptors (Lipinski definition) is 5. The number of benzene rings is 1. The van der Waals surface area contributed by atoms with Crippen LogP contribution < -0.4 is 0 Å². The lowest BCUT2D eigenvalue weighted by atomic mass is 10.0. The zero-order chi connectivity index (χ0) is 19.0. The van der Waals surface area contributed by atoms with E-state index in [0.717, 1.165) is 32.4 Å². The van der Waals surface area contributed by atoms with Crippen molar-refractivity contribution in [1.82, 2.24) is 9.21 Å². The molecule has 0 N–H and O–H groups in total. The maximum atomic E-state index is 12.9. The summed E-state index contributed by atoms with van der Waals surface area (Å²) in [4.78, 5) is 15.7. The molecule has 2 aliphatic rings. The number of thiophene rings is 1. The van der Waals surface area contributed by atoms with E-state index in [1.807, 2.05) is 11.3 Å². The van der Waals surface area contributed by atoms with Crippen molar-refractivity contribution in [2.75, 3.05) is 19.6 Å². The predicted molar refractivity (Wildman–Crippen MR) is 107 cm³/mol. The Morgan fingerprint density at radius 3 is 2.44 bits per heavy atom. The fraction of sp³-hybridized carbons (Fsp3) is 0.450. The van der Waals surface area contributed by atoms with E-state index in [-0.39, 0.29) is 10.7 Å². The lowest BCUT2D eigenvalue weighted by Gasteiger charge is -2.39. The largest absolute Gasteiger partial charge is 0.296 e. The fourth-order valence-corrected chi connectivity index (χ4v) is 6.40. The highest BCUT2D eigenvalue weighted by molar-refractivity contribution is 7.89. The van der Waals surface area contributed by atoms with E-state index in [1.165, 1.54) is 17.4 Å². The van der Waals surface area contributed by atoms with Crippen LogP contribution in [0.25, 0.3) is 0 Å². The summed E-state index contributed by atoms with van der Waals surface area (Å²) in [6.45, 7) is 4.64. The van der Waals surface area contributed by atoms with Gasteiger partial charge in [-0.3, -0.25) is 9.69 Å². The third-order valence-corrected chi connectivity index (χ3v) is 8.61. The summed E-state index contributed by atoms with van der Waals surface area (Å²) in [5, 5.41) is 2.17. The quantitative estimate of drug-likeness (QED) is 0.735. The molecule has 144 valence electrons. The lowest BCUT2D eigenvalue weighted by Crippen LogP contribution is -2.47. The first kappa shape index (κ1) is 18.8. The molecule has 0 unspecified atom stereocenters. The van der Waals surface area contributed by atoms with Gasteiger partial charge in [-0.1, -0.05) is 12.1 Å². The molecule has 0 atom stereocenters. The van der Waals surface area contributed by atoms with Crippen LogP contribution in [0.5, 0.6) is 0 Å². The van der Waals surface area contributed by atoms with Gasteiger partial charge in [-0.15, -0.1) is 11.3 Å². The molecule has 1 aromatic heterocycles. The van der Waals surface area contributed by atoms with Crippen molar-refractivity contribution in [3.8, 4) is 0 Å². The van der Waals surface area contributed by atoms with E-state index in [4.69, 9.17) is 0 Å². The molecule has 2 aromatic rings. The van der Waals surface area contributed by atoms with Crippen molar-refractivity contribution in [2.24, 2.45) is 0 Å². The number of hydrogen-bond donors (Lipinski definition) is 0. The van der Waals surface area contributed by atoms with Crippen LogP contribution in [0.15, 0.2) is 40.6 Å². The van der Waals surface area contributed by atoms with E-state index in [2.05, 4.69) is 16.3 Å². The van der Waals surface area contributed by atoms with Gasteiger partial charge in [0.25, 0.3) is 0 Å². The van der Waals surface area contributed by atoms with Gasteiger partial charge in [0.2, 0.25) is 10.0 Å². The highest BCUT2D eigenvalue weighted by atomic mass is 32.2. The SMILES string of the molecule is CC(=O)c1ccc(S(=O)(=O)N2CCC(N3CCc4sccc4C3)CC2)cc1. The van der Waals surface area contributed by atoms with Crippen molar-refractivity contribution in [3.05, 3.63) is 51.7 Å². The summed E-state index contributed by atoms with van der Waals surface area (Å²) >= 11 is 1.84. The van der Waals surface area contributed by atoms with Gasteiger partial charge in [-0.05, 0) is 55.3 Å². The maximum Gasteiger partial charge on any atom is 0.243 e. The third-order valence-electron chi connectivity index (χ3n) is 5.68. The highest BCUT2D eigenvalue weighted by Gasteiger charge is 2.32. The van der Waals surface area contributed by atoms with Crippen LogP contribution in [-0.2, 0) is 23.0 Å². The second kappa shape index (κ2) is 7.47. The molecule has 27 heavy (non-hydrogen) atoms. The summed E-state index contributed by atoms with van der Waals surface area (Å²) in [6.07, 6.45) is 2.84. The Kier molecular flexibility index (Phi) is 5.20. The molecule has 0 amide bonds. The molecule has 7 heteroatoms. The first-order valence-electron chi connectivity index (χ1n) is 9.35.